The van der Waals surface area contributed by atoms with Crippen LogP contribution in [-0.4, -0.2) is 49.5 Å². The van der Waals surface area contributed by atoms with Gasteiger partial charge in [-0.3, -0.25) is 4.79 Å². The number of aromatic nitrogens is 1. The molecule has 3 heterocycles. The minimum atomic E-state index is -0.409. The molecular weight excluding hydrogens is 319 g/mol. The van der Waals surface area contributed by atoms with Gasteiger partial charge in [0.25, 0.3) is 0 Å². The summed E-state index contributed by atoms with van der Waals surface area (Å²) in [5.74, 6) is 0.659. The van der Waals surface area contributed by atoms with Crippen LogP contribution < -0.4 is 10.4 Å². The molecule has 25 heavy (non-hydrogen) atoms. The van der Waals surface area contributed by atoms with E-state index in [0.29, 0.717) is 6.54 Å². The van der Waals surface area contributed by atoms with Crippen molar-refractivity contribution in [1.29, 1.82) is 0 Å². The van der Waals surface area contributed by atoms with E-state index in [-0.39, 0.29) is 23.1 Å². The van der Waals surface area contributed by atoms with Gasteiger partial charge in [-0.25, -0.2) is 4.98 Å². The summed E-state index contributed by atoms with van der Waals surface area (Å²) in [6.07, 6.45) is 2.63. The van der Waals surface area contributed by atoms with E-state index in [1.165, 1.54) is 7.11 Å². The second-order valence-electron chi connectivity index (χ2n) is 7.94. The van der Waals surface area contributed by atoms with E-state index in [2.05, 4.69) is 9.88 Å². The minimum absolute atomic E-state index is 0.0742. The summed E-state index contributed by atoms with van der Waals surface area (Å²) in [5.41, 5.74) is 1.29. The third kappa shape index (κ3) is 3.27. The SMILES string of the molecule is COC(=O)C1CCN(c2cc(C)c(B3OC(C)(C)C(C)(C)O3)cn2)C1. The molecule has 0 aliphatic carbocycles. The fourth-order valence-corrected chi connectivity index (χ4v) is 3.27. The predicted octanol–water partition coefficient (Wildman–Crippen LogP) is 1.69. The van der Waals surface area contributed by atoms with E-state index in [9.17, 15) is 4.79 Å². The third-order valence-electron chi connectivity index (χ3n) is 5.69. The molecule has 2 fully saturated rings. The smallest absolute Gasteiger partial charge is 0.469 e. The largest absolute Gasteiger partial charge is 0.496 e. The summed E-state index contributed by atoms with van der Waals surface area (Å²) in [4.78, 5) is 18.4. The van der Waals surface area contributed by atoms with Gasteiger partial charge in [-0.05, 0) is 52.7 Å². The van der Waals surface area contributed by atoms with Gasteiger partial charge < -0.3 is 18.9 Å². The highest BCUT2D eigenvalue weighted by atomic mass is 16.7. The van der Waals surface area contributed by atoms with Gasteiger partial charge in [-0.1, -0.05) is 0 Å². The predicted molar refractivity (Wildman–Crippen MR) is 97.0 cm³/mol. The highest BCUT2D eigenvalue weighted by Crippen LogP contribution is 2.36. The molecule has 3 rings (SSSR count). The van der Waals surface area contributed by atoms with E-state index in [1.807, 2.05) is 46.9 Å². The first-order chi connectivity index (χ1) is 11.6. The van der Waals surface area contributed by atoms with Gasteiger partial charge in [0.1, 0.15) is 5.82 Å². The lowest BCUT2D eigenvalue weighted by Crippen LogP contribution is -2.41. The average molecular weight is 346 g/mol. The second kappa shape index (κ2) is 6.29. The number of esters is 1. The third-order valence-corrected chi connectivity index (χ3v) is 5.69. The summed E-state index contributed by atoms with van der Waals surface area (Å²) in [5, 5.41) is 0. The van der Waals surface area contributed by atoms with E-state index in [1.54, 1.807) is 0 Å². The molecule has 1 atom stereocenters. The van der Waals surface area contributed by atoms with Crippen LogP contribution in [0.3, 0.4) is 0 Å². The van der Waals surface area contributed by atoms with Crippen LogP contribution >= 0.6 is 0 Å². The molecule has 2 aliphatic heterocycles. The first-order valence-corrected chi connectivity index (χ1v) is 8.79. The summed E-state index contributed by atoms with van der Waals surface area (Å²) >= 11 is 0. The van der Waals surface area contributed by atoms with Crippen LogP contribution in [0.5, 0.6) is 0 Å². The fourth-order valence-electron chi connectivity index (χ4n) is 3.27. The van der Waals surface area contributed by atoms with Gasteiger partial charge >= 0.3 is 13.1 Å². The van der Waals surface area contributed by atoms with E-state index < -0.39 is 7.12 Å². The second-order valence-corrected chi connectivity index (χ2v) is 7.94. The van der Waals surface area contributed by atoms with Crippen molar-refractivity contribution in [2.75, 3.05) is 25.1 Å². The molecule has 0 aromatic carbocycles. The van der Waals surface area contributed by atoms with Crippen LogP contribution in [0.15, 0.2) is 12.3 Å². The molecule has 6 nitrogen and oxygen atoms in total. The zero-order valence-electron chi connectivity index (χ0n) is 16.0. The van der Waals surface area contributed by atoms with Crippen molar-refractivity contribution >= 4 is 24.4 Å². The maximum Gasteiger partial charge on any atom is 0.496 e. The molecule has 136 valence electrons. The Morgan fingerprint density at radius 1 is 1.32 bits per heavy atom. The molecule has 0 spiro atoms. The van der Waals surface area contributed by atoms with Crippen LogP contribution in [0.2, 0.25) is 0 Å². The molecule has 0 radical (unpaired) electrons. The zero-order chi connectivity index (χ0) is 18.4. The van der Waals surface area contributed by atoms with E-state index in [0.717, 1.165) is 29.8 Å². The van der Waals surface area contributed by atoms with Gasteiger partial charge in [-0.2, -0.15) is 0 Å². The number of hydrogen-bond acceptors (Lipinski definition) is 6. The van der Waals surface area contributed by atoms with Crippen LogP contribution in [0.25, 0.3) is 0 Å². The fraction of sp³-hybridized carbons (Fsp3) is 0.667. The van der Waals surface area contributed by atoms with Gasteiger partial charge in [0.15, 0.2) is 0 Å². The summed E-state index contributed by atoms with van der Waals surface area (Å²) in [7, 11) is 1.03. The zero-order valence-corrected chi connectivity index (χ0v) is 16.0. The molecule has 1 unspecified atom stereocenters. The first kappa shape index (κ1) is 18.2. The molecule has 0 saturated carbocycles. The topological polar surface area (TPSA) is 60.9 Å². The Morgan fingerprint density at radius 2 is 1.96 bits per heavy atom. The molecule has 2 saturated heterocycles. The quantitative estimate of drug-likeness (QED) is 0.613. The number of methoxy groups -OCH3 is 1. The number of carbonyl (C=O) groups is 1. The van der Waals surface area contributed by atoms with Gasteiger partial charge in [0, 0.05) is 24.7 Å². The number of pyridine rings is 1. The molecule has 7 heteroatoms. The Morgan fingerprint density at radius 3 is 2.52 bits per heavy atom. The van der Waals surface area contributed by atoms with Crippen molar-refractivity contribution in [3.63, 3.8) is 0 Å². The van der Waals surface area contributed by atoms with Crippen molar-refractivity contribution < 1.29 is 18.8 Å². The number of rotatable bonds is 3. The summed E-state index contributed by atoms with van der Waals surface area (Å²) in [6, 6.07) is 2.04. The molecular formula is C18H27BN2O4. The van der Waals surface area contributed by atoms with E-state index in [4.69, 9.17) is 14.0 Å². The van der Waals surface area contributed by atoms with Crippen molar-refractivity contribution in [3.8, 4) is 0 Å². The van der Waals surface area contributed by atoms with Crippen LogP contribution in [0.4, 0.5) is 5.82 Å². The Kier molecular flexibility index (Phi) is 4.58. The van der Waals surface area contributed by atoms with E-state index >= 15 is 0 Å². The first-order valence-electron chi connectivity index (χ1n) is 8.79. The Labute approximate surface area is 150 Å². The summed E-state index contributed by atoms with van der Waals surface area (Å²) in [6.45, 7) is 11.7. The Bertz CT molecular complexity index is 661. The normalized spacial score (nSPS) is 24.6. The number of nitrogens with zero attached hydrogens (tertiary/aromatic N) is 2. The highest BCUT2D eigenvalue weighted by molar-refractivity contribution is 6.62. The Balaban J connectivity index is 1.76. The van der Waals surface area contributed by atoms with Crippen molar-refractivity contribution in [2.45, 2.75) is 52.2 Å². The number of aryl methyl sites for hydroxylation is 1. The van der Waals surface area contributed by atoms with Crippen molar-refractivity contribution in [2.24, 2.45) is 5.92 Å². The lowest BCUT2D eigenvalue weighted by atomic mass is 9.77. The lowest BCUT2D eigenvalue weighted by Gasteiger charge is -2.32. The highest BCUT2D eigenvalue weighted by Gasteiger charge is 2.52. The van der Waals surface area contributed by atoms with Gasteiger partial charge in [0.2, 0.25) is 0 Å². The Hall–Kier alpha value is -1.60. The molecule has 1 aromatic rings. The van der Waals surface area contributed by atoms with Crippen molar-refractivity contribution in [3.05, 3.63) is 17.8 Å². The molecule has 0 amide bonds. The maximum atomic E-state index is 11.7. The monoisotopic (exact) mass is 346 g/mol. The van der Waals surface area contributed by atoms with Crippen LogP contribution in [0.1, 0.15) is 39.7 Å². The number of anilines is 1. The van der Waals surface area contributed by atoms with Gasteiger partial charge in [0.05, 0.1) is 24.2 Å². The number of hydrogen-bond donors (Lipinski definition) is 0. The molecule has 2 aliphatic rings. The van der Waals surface area contributed by atoms with Gasteiger partial charge in [-0.15, -0.1) is 0 Å². The molecule has 0 bridgehead atoms. The molecule has 1 aromatic heterocycles. The summed E-state index contributed by atoms with van der Waals surface area (Å²) < 4.78 is 17.1. The number of ether oxygens (including phenoxy) is 1. The van der Waals surface area contributed by atoms with Crippen molar-refractivity contribution in [1.82, 2.24) is 4.98 Å². The lowest BCUT2D eigenvalue weighted by molar-refractivity contribution is -0.144. The average Bonchev–Trinajstić information content (AvgIpc) is 3.09. The number of carbonyl (C=O) groups excluding carboxylic acids is 1. The van der Waals surface area contributed by atoms with Crippen LogP contribution in [0, 0.1) is 12.8 Å². The maximum absolute atomic E-state index is 11.7. The minimum Gasteiger partial charge on any atom is -0.469 e. The molecule has 0 N–H and O–H groups in total. The van der Waals surface area contributed by atoms with Crippen LogP contribution in [-0.2, 0) is 18.8 Å². The standard InChI is InChI=1S/C18H27BN2O4/c1-12-9-15(21-8-7-13(11-21)16(22)23-6)20-10-14(12)19-24-17(2,3)18(4,5)25-19/h9-10,13H,7-8,11H2,1-6H3.